The highest BCUT2D eigenvalue weighted by Crippen LogP contribution is 2.26. The highest BCUT2D eigenvalue weighted by molar-refractivity contribution is 5.86. The van der Waals surface area contributed by atoms with Crippen molar-refractivity contribution in [1.29, 1.82) is 5.26 Å². The van der Waals surface area contributed by atoms with Crippen molar-refractivity contribution in [3.8, 4) is 11.8 Å². The lowest BCUT2D eigenvalue weighted by atomic mass is 10.0. The number of aromatic nitrogens is 3. The molecule has 142 valence electrons. The maximum absolute atomic E-state index is 12.7. The standard InChI is InChI=1S/C19H24N6O2/c1-19(2,3)21-17(26)15(13-20)16-22-23-18(24-9-11-27-12-10-24)25(16)14-7-5-4-6-8-14/h4-8,15H,9-12H2,1-3H3,(H,21,26)/t15-/m1/s1. The zero-order chi connectivity index (χ0) is 19.4. The molecular weight excluding hydrogens is 344 g/mol. The minimum absolute atomic E-state index is 0.312. The molecule has 0 unspecified atom stereocenters. The Morgan fingerprint density at radius 1 is 1.22 bits per heavy atom. The first-order chi connectivity index (χ1) is 12.9. The van der Waals surface area contributed by atoms with Gasteiger partial charge < -0.3 is 15.0 Å². The molecule has 27 heavy (non-hydrogen) atoms. The zero-order valence-corrected chi connectivity index (χ0v) is 15.8. The van der Waals surface area contributed by atoms with E-state index in [-0.39, 0.29) is 5.91 Å². The van der Waals surface area contributed by atoms with Crippen molar-refractivity contribution in [3.05, 3.63) is 36.2 Å². The number of carbonyl (C=O) groups is 1. The highest BCUT2D eigenvalue weighted by atomic mass is 16.5. The van der Waals surface area contributed by atoms with E-state index in [1.807, 2.05) is 51.1 Å². The molecule has 0 spiro atoms. The van der Waals surface area contributed by atoms with E-state index >= 15 is 0 Å². The highest BCUT2D eigenvalue weighted by Gasteiger charge is 2.32. The van der Waals surface area contributed by atoms with Crippen LogP contribution in [0.25, 0.3) is 5.69 Å². The summed E-state index contributed by atoms with van der Waals surface area (Å²) in [5.74, 6) is -0.523. The third kappa shape index (κ3) is 4.26. The van der Waals surface area contributed by atoms with Gasteiger partial charge in [0.05, 0.1) is 25.0 Å². The van der Waals surface area contributed by atoms with Crippen LogP contribution in [0.1, 0.15) is 32.5 Å². The topological polar surface area (TPSA) is 96.1 Å². The third-order valence-corrected chi connectivity index (χ3v) is 4.13. The number of benzene rings is 1. The maximum atomic E-state index is 12.7. The third-order valence-electron chi connectivity index (χ3n) is 4.13. The quantitative estimate of drug-likeness (QED) is 0.881. The van der Waals surface area contributed by atoms with Crippen molar-refractivity contribution in [2.75, 3.05) is 31.2 Å². The van der Waals surface area contributed by atoms with Crippen molar-refractivity contribution in [3.63, 3.8) is 0 Å². The van der Waals surface area contributed by atoms with Crippen LogP contribution in [0.15, 0.2) is 30.3 Å². The second kappa shape index (κ2) is 7.76. The molecule has 3 rings (SSSR count). The van der Waals surface area contributed by atoms with Crippen LogP contribution in [0.2, 0.25) is 0 Å². The molecule has 1 atom stereocenters. The number of nitrogens with one attached hydrogen (secondary N) is 1. The van der Waals surface area contributed by atoms with Gasteiger partial charge >= 0.3 is 0 Å². The number of morpholine rings is 1. The lowest BCUT2D eigenvalue weighted by Crippen LogP contribution is -2.43. The number of nitrogens with zero attached hydrogens (tertiary/aromatic N) is 5. The van der Waals surface area contributed by atoms with Crippen molar-refractivity contribution >= 4 is 11.9 Å². The second-order valence-corrected chi connectivity index (χ2v) is 7.43. The first kappa shape index (κ1) is 18.9. The Hall–Kier alpha value is -2.92. The molecule has 1 amide bonds. The van der Waals surface area contributed by atoms with Crippen molar-refractivity contribution in [2.24, 2.45) is 0 Å². The Kier molecular flexibility index (Phi) is 5.42. The number of para-hydroxylation sites is 1. The van der Waals surface area contributed by atoms with E-state index in [0.717, 1.165) is 5.69 Å². The van der Waals surface area contributed by atoms with Gasteiger partial charge in [0.15, 0.2) is 11.7 Å². The number of ether oxygens (including phenoxy) is 1. The number of hydrogen-bond donors (Lipinski definition) is 1. The van der Waals surface area contributed by atoms with E-state index in [0.29, 0.717) is 38.1 Å². The smallest absolute Gasteiger partial charge is 0.245 e. The molecule has 1 aliphatic rings. The zero-order valence-electron chi connectivity index (χ0n) is 15.8. The fraction of sp³-hybridized carbons (Fsp3) is 0.474. The average molecular weight is 368 g/mol. The Labute approximate surface area is 158 Å². The minimum Gasteiger partial charge on any atom is -0.378 e. The van der Waals surface area contributed by atoms with Gasteiger partial charge in [-0.05, 0) is 32.9 Å². The summed E-state index contributed by atoms with van der Waals surface area (Å²) in [5.41, 5.74) is 0.361. The monoisotopic (exact) mass is 368 g/mol. The van der Waals surface area contributed by atoms with Gasteiger partial charge in [-0.3, -0.25) is 9.36 Å². The predicted molar refractivity (Wildman–Crippen MR) is 101 cm³/mol. The second-order valence-electron chi connectivity index (χ2n) is 7.43. The van der Waals surface area contributed by atoms with Gasteiger partial charge in [-0.15, -0.1) is 10.2 Å². The van der Waals surface area contributed by atoms with Gasteiger partial charge in [0.2, 0.25) is 11.9 Å². The molecule has 0 saturated carbocycles. The number of carbonyl (C=O) groups excluding carboxylic acids is 1. The maximum Gasteiger partial charge on any atom is 0.245 e. The molecule has 8 heteroatoms. The van der Waals surface area contributed by atoms with Crippen LogP contribution >= 0.6 is 0 Å². The van der Waals surface area contributed by atoms with E-state index in [4.69, 9.17) is 4.74 Å². The predicted octanol–water partition coefficient (Wildman–Crippen LogP) is 1.63. The van der Waals surface area contributed by atoms with Gasteiger partial charge in [-0.1, -0.05) is 18.2 Å². The molecular formula is C19H24N6O2. The summed E-state index contributed by atoms with van der Waals surface area (Å²) in [6.45, 7) is 8.18. The Bertz CT molecular complexity index is 828. The Morgan fingerprint density at radius 3 is 2.48 bits per heavy atom. The molecule has 0 radical (unpaired) electrons. The summed E-state index contributed by atoms with van der Waals surface area (Å²) in [6, 6.07) is 11.6. The molecule has 2 heterocycles. The van der Waals surface area contributed by atoms with Crippen LogP contribution in [-0.2, 0) is 9.53 Å². The summed E-state index contributed by atoms with van der Waals surface area (Å²) < 4.78 is 7.21. The summed E-state index contributed by atoms with van der Waals surface area (Å²) in [7, 11) is 0. The van der Waals surface area contributed by atoms with Crippen LogP contribution in [0.4, 0.5) is 5.95 Å². The molecule has 1 N–H and O–H groups in total. The summed E-state index contributed by atoms with van der Waals surface area (Å²) in [4.78, 5) is 14.8. The van der Waals surface area contributed by atoms with Gasteiger partial charge in [-0.2, -0.15) is 5.26 Å². The number of amides is 1. The molecule has 1 aromatic carbocycles. The molecule has 2 aromatic rings. The Balaban J connectivity index is 2.05. The lowest BCUT2D eigenvalue weighted by molar-refractivity contribution is -0.122. The van der Waals surface area contributed by atoms with Gasteiger partial charge in [0, 0.05) is 18.6 Å². The van der Waals surface area contributed by atoms with E-state index in [9.17, 15) is 10.1 Å². The van der Waals surface area contributed by atoms with Crippen LogP contribution in [-0.4, -0.2) is 52.5 Å². The number of nitriles is 1. The van der Waals surface area contributed by atoms with Gasteiger partial charge in [0.1, 0.15) is 0 Å². The van der Waals surface area contributed by atoms with Gasteiger partial charge in [-0.25, -0.2) is 0 Å². The van der Waals surface area contributed by atoms with E-state index < -0.39 is 11.5 Å². The first-order valence-electron chi connectivity index (χ1n) is 8.96. The van der Waals surface area contributed by atoms with Crippen LogP contribution in [0.5, 0.6) is 0 Å². The van der Waals surface area contributed by atoms with Crippen LogP contribution in [0, 0.1) is 11.3 Å². The van der Waals surface area contributed by atoms with Gasteiger partial charge in [0.25, 0.3) is 0 Å². The van der Waals surface area contributed by atoms with E-state index in [2.05, 4.69) is 26.5 Å². The first-order valence-corrected chi connectivity index (χ1v) is 8.96. The number of hydrogen-bond acceptors (Lipinski definition) is 6. The van der Waals surface area contributed by atoms with Crippen molar-refractivity contribution < 1.29 is 9.53 Å². The molecule has 8 nitrogen and oxygen atoms in total. The molecule has 0 aliphatic carbocycles. The average Bonchev–Trinajstić information content (AvgIpc) is 3.07. The normalized spacial score (nSPS) is 15.9. The largest absolute Gasteiger partial charge is 0.378 e. The molecule has 1 fully saturated rings. The van der Waals surface area contributed by atoms with Crippen molar-refractivity contribution in [2.45, 2.75) is 32.2 Å². The number of rotatable bonds is 4. The fourth-order valence-electron chi connectivity index (χ4n) is 2.94. The molecule has 1 saturated heterocycles. The molecule has 0 bridgehead atoms. The summed E-state index contributed by atoms with van der Waals surface area (Å²) in [5, 5.41) is 21.1. The van der Waals surface area contributed by atoms with E-state index in [1.54, 1.807) is 4.57 Å². The number of anilines is 1. The Morgan fingerprint density at radius 2 is 1.89 bits per heavy atom. The van der Waals surface area contributed by atoms with Crippen molar-refractivity contribution in [1.82, 2.24) is 20.1 Å². The SMILES string of the molecule is CC(C)(C)NC(=O)[C@H](C#N)c1nnc(N2CCOCC2)n1-c1ccccc1. The lowest BCUT2D eigenvalue weighted by Gasteiger charge is -2.28. The summed E-state index contributed by atoms with van der Waals surface area (Å²) >= 11 is 0. The minimum atomic E-state index is -1.06. The van der Waals surface area contributed by atoms with E-state index in [1.165, 1.54) is 0 Å². The summed E-state index contributed by atoms with van der Waals surface area (Å²) in [6.07, 6.45) is 0. The van der Waals surface area contributed by atoms with Crippen LogP contribution in [0.3, 0.4) is 0 Å². The molecule has 1 aliphatic heterocycles. The molecule has 1 aromatic heterocycles. The van der Waals surface area contributed by atoms with Crippen LogP contribution < -0.4 is 10.2 Å². The fourth-order valence-corrected chi connectivity index (χ4v) is 2.94.